The molecule has 0 spiro atoms. The molecule has 0 aliphatic rings. The zero-order chi connectivity index (χ0) is 17.7. The number of rotatable bonds is 12. The lowest BCUT2D eigenvalue weighted by atomic mass is 10.2. The van der Waals surface area contributed by atoms with Crippen LogP contribution in [0.15, 0.2) is 60.7 Å². The van der Waals surface area contributed by atoms with Gasteiger partial charge in [-0.3, -0.25) is 4.90 Å². The van der Waals surface area contributed by atoms with Crippen molar-refractivity contribution < 1.29 is 14.6 Å². The van der Waals surface area contributed by atoms with Crippen molar-refractivity contribution in [3.63, 3.8) is 0 Å². The molecule has 136 valence electrons. The maximum Gasteiger partial charge on any atom is 0.0900 e. The Morgan fingerprint density at radius 1 is 0.960 bits per heavy atom. The molecular formula is C21H29NO3. The number of nitrogens with zero attached hydrogens (tertiary/aromatic N) is 1. The summed E-state index contributed by atoms with van der Waals surface area (Å²) >= 11 is 0. The van der Waals surface area contributed by atoms with Crippen molar-refractivity contribution in [1.29, 1.82) is 0 Å². The van der Waals surface area contributed by atoms with Crippen molar-refractivity contribution in [3.05, 3.63) is 71.8 Å². The molecule has 0 saturated carbocycles. The van der Waals surface area contributed by atoms with Gasteiger partial charge in [-0.1, -0.05) is 60.7 Å². The van der Waals surface area contributed by atoms with Crippen LogP contribution in [0.1, 0.15) is 17.5 Å². The first kappa shape index (κ1) is 19.6. The largest absolute Gasteiger partial charge is 0.389 e. The topological polar surface area (TPSA) is 41.9 Å². The van der Waals surface area contributed by atoms with Gasteiger partial charge in [0.1, 0.15) is 0 Å². The van der Waals surface area contributed by atoms with Crippen LogP contribution in [0.5, 0.6) is 0 Å². The predicted molar refractivity (Wildman–Crippen MR) is 100 cm³/mol. The number of aliphatic hydroxyl groups is 1. The quantitative estimate of drug-likeness (QED) is 0.601. The zero-order valence-corrected chi connectivity index (χ0v) is 15.0. The van der Waals surface area contributed by atoms with Crippen LogP contribution in [0.2, 0.25) is 0 Å². The Kier molecular flexibility index (Phi) is 9.23. The standard InChI is InChI=1S/C21H29NO3/c1-24-14-8-13-22(15-19-9-4-2-5-10-19)16-21(23)18-25-17-20-11-6-3-7-12-20/h2-7,9-12,21,23H,8,13-18H2,1H3/t21-/m0/s1. The third-order valence-electron chi connectivity index (χ3n) is 3.96. The second-order valence-electron chi connectivity index (χ2n) is 6.22. The van der Waals surface area contributed by atoms with E-state index in [1.165, 1.54) is 5.56 Å². The van der Waals surface area contributed by atoms with E-state index in [0.717, 1.165) is 31.7 Å². The van der Waals surface area contributed by atoms with E-state index >= 15 is 0 Å². The van der Waals surface area contributed by atoms with Crippen LogP contribution in [0.3, 0.4) is 0 Å². The van der Waals surface area contributed by atoms with Gasteiger partial charge in [0, 0.05) is 33.4 Å². The summed E-state index contributed by atoms with van der Waals surface area (Å²) in [6.07, 6.45) is 0.441. The molecule has 25 heavy (non-hydrogen) atoms. The number of aliphatic hydroxyl groups excluding tert-OH is 1. The summed E-state index contributed by atoms with van der Waals surface area (Å²) in [7, 11) is 1.72. The SMILES string of the molecule is COCCCN(Cc1ccccc1)C[C@H](O)COCc1ccccc1. The van der Waals surface area contributed by atoms with E-state index in [0.29, 0.717) is 19.8 Å². The van der Waals surface area contributed by atoms with E-state index in [2.05, 4.69) is 17.0 Å². The second-order valence-corrected chi connectivity index (χ2v) is 6.22. The van der Waals surface area contributed by atoms with E-state index in [1.54, 1.807) is 7.11 Å². The number of hydrogen-bond acceptors (Lipinski definition) is 4. The normalized spacial score (nSPS) is 12.4. The smallest absolute Gasteiger partial charge is 0.0900 e. The van der Waals surface area contributed by atoms with E-state index in [-0.39, 0.29) is 0 Å². The zero-order valence-electron chi connectivity index (χ0n) is 15.0. The van der Waals surface area contributed by atoms with Crippen LogP contribution >= 0.6 is 0 Å². The molecule has 0 bridgehead atoms. The Morgan fingerprint density at radius 2 is 1.60 bits per heavy atom. The minimum absolute atomic E-state index is 0.338. The first-order valence-electron chi connectivity index (χ1n) is 8.83. The molecule has 0 unspecified atom stereocenters. The van der Waals surface area contributed by atoms with Crippen molar-refractivity contribution in [3.8, 4) is 0 Å². The molecule has 0 aromatic heterocycles. The van der Waals surface area contributed by atoms with Gasteiger partial charge in [0.2, 0.25) is 0 Å². The monoisotopic (exact) mass is 343 g/mol. The molecule has 1 atom stereocenters. The lowest BCUT2D eigenvalue weighted by Gasteiger charge is -2.25. The Hall–Kier alpha value is -1.72. The second kappa shape index (κ2) is 11.8. The highest BCUT2D eigenvalue weighted by Gasteiger charge is 2.12. The average molecular weight is 343 g/mol. The van der Waals surface area contributed by atoms with Gasteiger partial charge in [0.15, 0.2) is 0 Å². The van der Waals surface area contributed by atoms with E-state index in [4.69, 9.17) is 9.47 Å². The van der Waals surface area contributed by atoms with Gasteiger partial charge in [-0.15, -0.1) is 0 Å². The molecule has 0 amide bonds. The molecule has 0 fully saturated rings. The highest BCUT2D eigenvalue weighted by atomic mass is 16.5. The van der Waals surface area contributed by atoms with E-state index < -0.39 is 6.10 Å². The van der Waals surface area contributed by atoms with Crippen LogP contribution in [0.25, 0.3) is 0 Å². The maximum absolute atomic E-state index is 10.3. The molecule has 2 aromatic carbocycles. The van der Waals surface area contributed by atoms with Gasteiger partial charge < -0.3 is 14.6 Å². The maximum atomic E-state index is 10.3. The molecule has 0 aliphatic heterocycles. The molecule has 1 N–H and O–H groups in total. The third kappa shape index (κ3) is 8.27. The van der Waals surface area contributed by atoms with Gasteiger partial charge in [-0.25, -0.2) is 0 Å². The first-order valence-corrected chi connectivity index (χ1v) is 8.83. The Labute approximate surface area is 151 Å². The number of ether oxygens (including phenoxy) is 2. The number of methoxy groups -OCH3 is 1. The van der Waals surface area contributed by atoms with E-state index in [1.807, 2.05) is 48.5 Å². The molecule has 4 heteroatoms. The minimum atomic E-state index is -0.505. The molecular weight excluding hydrogens is 314 g/mol. The number of benzene rings is 2. The van der Waals surface area contributed by atoms with Gasteiger partial charge >= 0.3 is 0 Å². The highest BCUT2D eigenvalue weighted by molar-refractivity contribution is 5.14. The van der Waals surface area contributed by atoms with E-state index in [9.17, 15) is 5.11 Å². The summed E-state index contributed by atoms with van der Waals surface area (Å²) in [6, 6.07) is 20.4. The van der Waals surface area contributed by atoms with Gasteiger partial charge in [0.05, 0.1) is 19.3 Å². The molecule has 0 heterocycles. The van der Waals surface area contributed by atoms with Crippen molar-refractivity contribution >= 4 is 0 Å². The average Bonchev–Trinajstić information content (AvgIpc) is 2.63. The van der Waals surface area contributed by atoms with Crippen LogP contribution in [0.4, 0.5) is 0 Å². The fraction of sp³-hybridized carbons (Fsp3) is 0.429. The summed E-state index contributed by atoms with van der Waals surface area (Å²) in [6.45, 7) is 3.89. The van der Waals surface area contributed by atoms with Crippen LogP contribution in [0, 0.1) is 0 Å². The Morgan fingerprint density at radius 3 is 2.24 bits per heavy atom. The third-order valence-corrected chi connectivity index (χ3v) is 3.96. The van der Waals surface area contributed by atoms with Gasteiger partial charge in [-0.05, 0) is 17.5 Å². The van der Waals surface area contributed by atoms with Crippen molar-refractivity contribution in [2.24, 2.45) is 0 Å². The van der Waals surface area contributed by atoms with Crippen LogP contribution in [-0.2, 0) is 22.6 Å². The summed E-state index contributed by atoms with van der Waals surface area (Å²) < 4.78 is 10.8. The summed E-state index contributed by atoms with van der Waals surface area (Å²) in [5.41, 5.74) is 2.37. The number of hydrogen-bond donors (Lipinski definition) is 1. The Balaban J connectivity index is 1.77. The fourth-order valence-electron chi connectivity index (χ4n) is 2.75. The first-order chi connectivity index (χ1) is 12.3. The molecule has 0 aliphatic carbocycles. The Bertz CT molecular complexity index is 562. The summed E-state index contributed by atoms with van der Waals surface area (Å²) in [5, 5.41) is 10.3. The van der Waals surface area contributed by atoms with Gasteiger partial charge in [-0.2, -0.15) is 0 Å². The molecule has 4 nitrogen and oxygen atoms in total. The summed E-state index contributed by atoms with van der Waals surface area (Å²) in [4.78, 5) is 2.25. The molecule has 2 aromatic rings. The van der Waals surface area contributed by atoms with Crippen molar-refractivity contribution in [2.75, 3.05) is 33.4 Å². The predicted octanol–water partition coefficient (Wildman–Crippen LogP) is 3.10. The summed E-state index contributed by atoms with van der Waals surface area (Å²) in [5.74, 6) is 0. The molecule has 0 saturated heterocycles. The van der Waals surface area contributed by atoms with Crippen molar-refractivity contribution in [2.45, 2.75) is 25.7 Å². The molecule has 2 rings (SSSR count). The van der Waals surface area contributed by atoms with Crippen LogP contribution in [-0.4, -0.2) is 49.5 Å². The van der Waals surface area contributed by atoms with Gasteiger partial charge in [0.25, 0.3) is 0 Å². The minimum Gasteiger partial charge on any atom is -0.389 e. The molecule has 0 radical (unpaired) electrons. The highest BCUT2D eigenvalue weighted by Crippen LogP contribution is 2.07. The van der Waals surface area contributed by atoms with Crippen molar-refractivity contribution in [1.82, 2.24) is 4.90 Å². The van der Waals surface area contributed by atoms with Crippen LogP contribution < -0.4 is 0 Å². The lowest BCUT2D eigenvalue weighted by Crippen LogP contribution is -2.35. The fourth-order valence-corrected chi connectivity index (χ4v) is 2.75. The lowest BCUT2D eigenvalue weighted by molar-refractivity contribution is 0.00739.